The van der Waals surface area contributed by atoms with Gasteiger partial charge in [-0.1, -0.05) is 48.2 Å². The lowest BCUT2D eigenvalue weighted by atomic mass is 10.1. The summed E-state index contributed by atoms with van der Waals surface area (Å²) in [5.41, 5.74) is 3.46. The number of aryl methyl sites for hydroxylation is 2. The quantitative estimate of drug-likeness (QED) is 0.191. The van der Waals surface area contributed by atoms with Crippen molar-refractivity contribution >= 4 is 39.3 Å². The Morgan fingerprint density at radius 1 is 1.15 bits per heavy atom. The Kier molecular flexibility index (Phi) is 6.95. The van der Waals surface area contributed by atoms with Crippen molar-refractivity contribution in [3.8, 4) is 0 Å². The molecule has 5 nitrogen and oxygen atoms in total. The van der Waals surface area contributed by atoms with Crippen molar-refractivity contribution in [2.75, 3.05) is 6.61 Å². The molecule has 0 bridgehead atoms. The van der Waals surface area contributed by atoms with Crippen LogP contribution in [0.25, 0.3) is 10.2 Å². The lowest BCUT2D eigenvalue weighted by Gasteiger charge is -2.13. The van der Waals surface area contributed by atoms with Crippen LogP contribution in [0.1, 0.15) is 38.8 Å². The number of hydrogen-bond acceptors (Lipinski definition) is 6. The van der Waals surface area contributed by atoms with Gasteiger partial charge in [-0.2, -0.15) is 0 Å². The van der Waals surface area contributed by atoms with Gasteiger partial charge >= 0.3 is 5.97 Å². The maximum atomic E-state index is 13.6. The zero-order chi connectivity index (χ0) is 23.5. The lowest BCUT2D eigenvalue weighted by Crippen LogP contribution is -2.24. The van der Waals surface area contributed by atoms with Crippen LogP contribution in [0, 0.1) is 19.7 Å². The summed E-state index contributed by atoms with van der Waals surface area (Å²) in [6.07, 6.45) is 0. The first kappa shape index (κ1) is 23.2. The van der Waals surface area contributed by atoms with Crippen LogP contribution in [-0.2, 0) is 17.0 Å². The van der Waals surface area contributed by atoms with Crippen molar-refractivity contribution in [3.63, 3.8) is 0 Å². The molecule has 0 amide bonds. The zero-order valence-electron chi connectivity index (χ0n) is 18.6. The molecule has 2 aromatic heterocycles. The van der Waals surface area contributed by atoms with Crippen LogP contribution >= 0.6 is 23.1 Å². The Morgan fingerprint density at radius 3 is 2.58 bits per heavy atom. The number of fused-ring (bicyclic) bond motifs is 1. The number of thiophene rings is 1. The van der Waals surface area contributed by atoms with E-state index in [1.165, 1.54) is 35.2 Å². The number of rotatable bonds is 7. The van der Waals surface area contributed by atoms with E-state index in [1.807, 2.05) is 25.1 Å². The number of esters is 1. The van der Waals surface area contributed by atoms with E-state index in [0.717, 1.165) is 16.7 Å². The molecule has 0 saturated carbocycles. The Hall–Kier alpha value is -2.97. The van der Waals surface area contributed by atoms with E-state index in [4.69, 9.17) is 9.72 Å². The summed E-state index contributed by atoms with van der Waals surface area (Å²) in [6.45, 7) is 6.05. The number of hydrogen-bond donors (Lipinski definition) is 0. The van der Waals surface area contributed by atoms with Gasteiger partial charge in [-0.3, -0.25) is 9.36 Å². The normalized spacial score (nSPS) is 11.2. The van der Waals surface area contributed by atoms with Crippen molar-refractivity contribution in [3.05, 3.63) is 91.8 Å². The minimum absolute atomic E-state index is 0.221. The molecule has 0 saturated heterocycles. The highest BCUT2D eigenvalue weighted by molar-refractivity contribution is 7.98. The average molecular weight is 483 g/mol. The molecule has 0 radical (unpaired) electrons. The summed E-state index contributed by atoms with van der Waals surface area (Å²) in [5.74, 6) is -0.137. The summed E-state index contributed by atoms with van der Waals surface area (Å²) in [5, 5.41) is 0.974. The predicted octanol–water partition coefficient (Wildman–Crippen LogP) is 5.73. The minimum Gasteiger partial charge on any atom is -0.462 e. The SMILES string of the molecule is CCOC(=O)c1sc2nc(SCc3ccccc3C)n(Cc3ccc(F)cc3)c(=O)c2c1C. The van der Waals surface area contributed by atoms with Crippen LogP contribution in [0.3, 0.4) is 0 Å². The van der Waals surface area contributed by atoms with Crippen LogP contribution < -0.4 is 5.56 Å². The van der Waals surface area contributed by atoms with Gasteiger partial charge in [0.15, 0.2) is 5.16 Å². The molecule has 0 aliphatic heterocycles. The van der Waals surface area contributed by atoms with Crippen molar-refractivity contribution in [2.24, 2.45) is 0 Å². The second kappa shape index (κ2) is 9.89. The molecular weight excluding hydrogens is 459 g/mol. The minimum atomic E-state index is -0.448. The molecule has 0 aliphatic rings. The molecule has 170 valence electrons. The van der Waals surface area contributed by atoms with E-state index in [0.29, 0.717) is 31.6 Å². The third-order valence-corrected chi connectivity index (χ3v) is 7.54. The number of nitrogens with zero attached hydrogens (tertiary/aromatic N) is 2. The fourth-order valence-electron chi connectivity index (χ4n) is 3.53. The van der Waals surface area contributed by atoms with E-state index in [-0.39, 0.29) is 24.5 Å². The van der Waals surface area contributed by atoms with Gasteiger partial charge in [-0.15, -0.1) is 11.3 Å². The summed E-state index contributed by atoms with van der Waals surface area (Å²) in [7, 11) is 0. The maximum Gasteiger partial charge on any atom is 0.348 e. The molecule has 4 aromatic rings. The molecule has 33 heavy (non-hydrogen) atoms. The second-order valence-corrected chi connectivity index (χ2v) is 9.53. The highest BCUT2D eigenvalue weighted by atomic mass is 32.2. The van der Waals surface area contributed by atoms with Crippen LogP contribution in [0.2, 0.25) is 0 Å². The highest BCUT2D eigenvalue weighted by Crippen LogP contribution is 2.31. The number of benzene rings is 2. The second-order valence-electron chi connectivity index (χ2n) is 7.58. The fourth-order valence-corrected chi connectivity index (χ4v) is 5.72. The Balaban J connectivity index is 1.81. The maximum absolute atomic E-state index is 13.6. The topological polar surface area (TPSA) is 61.2 Å². The molecule has 0 fully saturated rings. The van der Waals surface area contributed by atoms with Gasteiger partial charge in [0, 0.05) is 5.75 Å². The third kappa shape index (κ3) is 4.86. The largest absolute Gasteiger partial charge is 0.462 e. The van der Waals surface area contributed by atoms with Crippen LogP contribution in [0.5, 0.6) is 0 Å². The van der Waals surface area contributed by atoms with Gasteiger partial charge < -0.3 is 4.74 Å². The number of halogens is 1. The highest BCUT2D eigenvalue weighted by Gasteiger charge is 2.22. The van der Waals surface area contributed by atoms with E-state index >= 15 is 0 Å². The van der Waals surface area contributed by atoms with Gasteiger partial charge in [-0.05, 0) is 55.2 Å². The fraction of sp³-hybridized carbons (Fsp3) is 0.240. The number of carbonyl (C=O) groups is 1. The van der Waals surface area contributed by atoms with Crippen molar-refractivity contribution in [1.82, 2.24) is 9.55 Å². The zero-order valence-corrected chi connectivity index (χ0v) is 20.2. The van der Waals surface area contributed by atoms with Gasteiger partial charge in [0.1, 0.15) is 15.5 Å². The Labute approximate surface area is 199 Å². The molecular formula is C25H23FN2O3S2. The number of thioether (sulfide) groups is 1. The van der Waals surface area contributed by atoms with Gasteiger partial charge in [-0.25, -0.2) is 14.2 Å². The summed E-state index contributed by atoms with van der Waals surface area (Å²) in [6, 6.07) is 14.1. The molecule has 2 heterocycles. The van der Waals surface area contributed by atoms with E-state index in [1.54, 1.807) is 30.5 Å². The van der Waals surface area contributed by atoms with Crippen LogP contribution in [-0.4, -0.2) is 22.1 Å². The molecule has 0 unspecified atom stereocenters. The molecule has 0 aliphatic carbocycles. The van der Waals surface area contributed by atoms with Crippen molar-refractivity contribution in [2.45, 2.75) is 38.2 Å². The van der Waals surface area contributed by atoms with E-state index in [2.05, 4.69) is 6.07 Å². The number of ether oxygens (including phenoxy) is 1. The monoisotopic (exact) mass is 482 g/mol. The summed E-state index contributed by atoms with van der Waals surface area (Å²) in [4.78, 5) is 31.7. The standard InChI is InChI=1S/C25H23FN2O3S2/c1-4-31-24(30)21-16(3)20-22(33-21)27-25(32-14-18-8-6-5-7-15(18)2)28(23(20)29)13-17-9-11-19(26)12-10-17/h5-12H,4,13-14H2,1-3H3. The first-order valence-corrected chi connectivity index (χ1v) is 12.3. The molecule has 0 atom stereocenters. The number of carbonyl (C=O) groups excluding carboxylic acids is 1. The van der Waals surface area contributed by atoms with Gasteiger partial charge in [0.05, 0.1) is 18.5 Å². The molecule has 2 aromatic carbocycles. The molecule has 4 rings (SSSR count). The van der Waals surface area contributed by atoms with E-state index in [9.17, 15) is 14.0 Å². The third-order valence-electron chi connectivity index (χ3n) is 5.35. The predicted molar refractivity (Wildman–Crippen MR) is 131 cm³/mol. The Morgan fingerprint density at radius 2 is 1.88 bits per heavy atom. The first-order chi connectivity index (χ1) is 15.9. The van der Waals surface area contributed by atoms with Crippen LogP contribution in [0.4, 0.5) is 4.39 Å². The average Bonchev–Trinajstić information content (AvgIpc) is 3.13. The van der Waals surface area contributed by atoms with E-state index < -0.39 is 5.97 Å². The number of aromatic nitrogens is 2. The summed E-state index contributed by atoms with van der Waals surface area (Å²) < 4.78 is 20.2. The van der Waals surface area contributed by atoms with Crippen molar-refractivity contribution in [1.29, 1.82) is 0 Å². The smallest absolute Gasteiger partial charge is 0.348 e. The van der Waals surface area contributed by atoms with Gasteiger partial charge in [0.2, 0.25) is 0 Å². The molecule has 8 heteroatoms. The molecule has 0 N–H and O–H groups in total. The summed E-state index contributed by atoms with van der Waals surface area (Å²) >= 11 is 2.65. The van der Waals surface area contributed by atoms with Crippen LogP contribution in [0.15, 0.2) is 58.5 Å². The Bertz CT molecular complexity index is 1380. The first-order valence-electron chi connectivity index (χ1n) is 10.5. The lowest BCUT2D eigenvalue weighted by molar-refractivity contribution is 0.0531. The van der Waals surface area contributed by atoms with Gasteiger partial charge in [0.25, 0.3) is 5.56 Å². The van der Waals surface area contributed by atoms with Crippen molar-refractivity contribution < 1.29 is 13.9 Å². The molecule has 0 spiro atoms.